The van der Waals surface area contributed by atoms with Gasteiger partial charge in [0.1, 0.15) is 5.38 Å². The first kappa shape index (κ1) is 12.1. The molecule has 0 saturated carbocycles. The number of rotatable bonds is 2. The quantitative estimate of drug-likeness (QED) is 0.545. The molecular weight excluding hydrogens is 224 g/mol. The molecule has 1 aliphatic heterocycles. The van der Waals surface area contributed by atoms with Gasteiger partial charge in [-0.1, -0.05) is 0 Å². The second-order valence-electron chi connectivity index (χ2n) is 3.14. The van der Waals surface area contributed by atoms with Gasteiger partial charge in [-0.15, -0.1) is 23.4 Å². The molecule has 1 rings (SSSR count). The zero-order valence-corrected chi connectivity index (χ0v) is 9.77. The molecule has 0 aliphatic carbocycles. The molecule has 1 fully saturated rings. The van der Waals surface area contributed by atoms with Gasteiger partial charge in [0.2, 0.25) is 0 Å². The van der Waals surface area contributed by atoms with Gasteiger partial charge in [0.15, 0.2) is 5.44 Å². The van der Waals surface area contributed by atoms with Gasteiger partial charge in [-0.25, -0.2) is 0 Å². The van der Waals surface area contributed by atoms with Crippen LogP contribution in [0.4, 0.5) is 0 Å². The minimum absolute atomic E-state index is 0.191. The summed E-state index contributed by atoms with van der Waals surface area (Å²) in [5.74, 6) is 0.645. The lowest BCUT2D eigenvalue weighted by Gasteiger charge is -2.20. The molecule has 5 heteroatoms. The van der Waals surface area contributed by atoms with E-state index in [0.717, 1.165) is 25.2 Å². The lowest BCUT2D eigenvalue weighted by atomic mass is 10.4. The molecule has 1 heterocycles. The number of esters is 1. The maximum Gasteiger partial charge on any atom is 0.324 e. The van der Waals surface area contributed by atoms with Gasteiger partial charge >= 0.3 is 5.97 Å². The minimum Gasteiger partial charge on any atom is -0.448 e. The van der Waals surface area contributed by atoms with Crippen LogP contribution in [-0.4, -0.2) is 35.7 Å². The normalized spacial score (nSPS) is 26.0. The second kappa shape index (κ2) is 6.53. The molecule has 0 radical (unpaired) electrons. The van der Waals surface area contributed by atoms with Gasteiger partial charge in [-0.05, 0) is 25.5 Å². The second-order valence-corrected chi connectivity index (χ2v) is 5.06. The van der Waals surface area contributed by atoms with Crippen molar-refractivity contribution in [2.45, 2.75) is 30.6 Å². The Morgan fingerprint density at radius 1 is 1.64 bits per heavy atom. The van der Waals surface area contributed by atoms with Crippen molar-refractivity contribution in [2.24, 2.45) is 0 Å². The van der Waals surface area contributed by atoms with Gasteiger partial charge in [-0.3, -0.25) is 4.79 Å². The molecule has 1 aliphatic rings. The molecule has 0 aromatic heterocycles. The first-order chi connectivity index (χ1) is 6.70. The van der Waals surface area contributed by atoms with Crippen LogP contribution in [0, 0.1) is 0 Å². The summed E-state index contributed by atoms with van der Waals surface area (Å²) >= 11 is 7.21. The molecule has 2 unspecified atom stereocenters. The van der Waals surface area contributed by atoms with Crippen LogP contribution in [0.25, 0.3) is 0 Å². The summed E-state index contributed by atoms with van der Waals surface area (Å²) in [6, 6.07) is 0. The molecular formula is C9H15ClO3S. The minimum atomic E-state index is -0.582. The van der Waals surface area contributed by atoms with E-state index in [0.29, 0.717) is 6.61 Å². The van der Waals surface area contributed by atoms with E-state index in [4.69, 9.17) is 21.1 Å². The van der Waals surface area contributed by atoms with Crippen molar-refractivity contribution in [2.75, 3.05) is 19.0 Å². The van der Waals surface area contributed by atoms with Crippen molar-refractivity contribution in [1.82, 2.24) is 0 Å². The fourth-order valence-corrected chi connectivity index (χ4v) is 2.08. The van der Waals surface area contributed by atoms with Gasteiger partial charge < -0.3 is 9.47 Å². The molecule has 0 bridgehead atoms. The Labute approximate surface area is 93.5 Å². The summed E-state index contributed by atoms with van der Waals surface area (Å²) in [6.07, 6.45) is 2.19. The number of hydrogen-bond donors (Lipinski definition) is 0. The summed E-state index contributed by atoms with van der Waals surface area (Å²) < 4.78 is 10.5. The Balaban J connectivity index is 2.30. The zero-order chi connectivity index (χ0) is 10.4. The maximum absolute atomic E-state index is 11.2. The first-order valence-corrected chi connectivity index (χ1v) is 6.22. The highest BCUT2D eigenvalue weighted by atomic mass is 35.5. The summed E-state index contributed by atoms with van der Waals surface area (Å²) in [5, 5.41) is -0.582. The van der Waals surface area contributed by atoms with E-state index in [2.05, 4.69) is 0 Å². The van der Waals surface area contributed by atoms with Crippen molar-refractivity contribution < 1.29 is 14.3 Å². The zero-order valence-electron chi connectivity index (χ0n) is 8.20. The Kier molecular flexibility index (Phi) is 5.67. The summed E-state index contributed by atoms with van der Waals surface area (Å²) in [4.78, 5) is 11.2. The summed E-state index contributed by atoms with van der Waals surface area (Å²) in [7, 11) is 0. The summed E-state index contributed by atoms with van der Waals surface area (Å²) in [5.41, 5.74) is -0.191. The molecule has 0 spiro atoms. The van der Waals surface area contributed by atoms with E-state index in [1.54, 1.807) is 18.7 Å². The van der Waals surface area contributed by atoms with Crippen LogP contribution in [0.15, 0.2) is 0 Å². The van der Waals surface area contributed by atoms with Gasteiger partial charge in [0, 0.05) is 6.61 Å². The molecule has 2 atom stereocenters. The third-order valence-corrected chi connectivity index (χ3v) is 3.12. The Bertz CT molecular complexity index is 179. The van der Waals surface area contributed by atoms with E-state index in [9.17, 15) is 4.79 Å². The van der Waals surface area contributed by atoms with Crippen molar-refractivity contribution in [3.8, 4) is 0 Å². The van der Waals surface area contributed by atoms with E-state index in [1.165, 1.54) is 0 Å². The van der Waals surface area contributed by atoms with Gasteiger partial charge in [0.05, 0.1) is 6.61 Å². The fourth-order valence-electron chi connectivity index (χ4n) is 1.04. The monoisotopic (exact) mass is 238 g/mol. The van der Waals surface area contributed by atoms with Crippen molar-refractivity contribution in [1.29, 1.82) is 0 Å². The van der Waals surface area contributed by atoms with Gasteiger partial charge in [-0.2, -0.15) is 0 Å². The summed E-state index contributed by atoms with van der Waals surface area (Å²) in [6.45, 7) is 2.84. The molecule has 0 aromatic rings. The lowest BCUT2D eigenvalue weighted by Crippen LogP contribution is -2.26. The van der Waals surface area contributed by atoms with Crippen molar-refractivity contribution in [3.05, 3.63) is 0 Å². The highest BCUT2D eigenvalue weighted by Gasteiger charge is 2.19. The predicted octanol–water partition coefficient (Wildman–Crippen LogP) is 2.03. The van der Waals surface area contributed by atoms with Crippen LogP contribution in [0.2, 0.25) is 0 Å². The molecule has 1 saturated heterocycles. The Hall–Kier alpha value is 0.0700. The number of thioether (sulfide) groups is 1. The number of carbonyl (C=O) groups is 1. The van der Waals surface area contributed by atoms with Crippen LogP contribution in [0.1, 0.15) is 19.8 Å². The van der Waals surface area contributed by atoms with E-state index in [-0.39, 0.29) is 11.4 Å². The van der Waals surface area contributed by atoms with Crippen LogP contribution in [0.3, 0.4) is 0 Å². The Morgan fingerprint density at radius 2 is 2.43 bits per heavy atom. The fraction of sp³-hybridized carbons (Fsp3) is 0.889. The maximum atomic E-state index is 11.2. The molecule has 0 amide bonds. The number of halogens is 1. The van der Waals surface area contributed by atoms with E-state index >= 15 is 0 Å². The topological polar surface area (TPSA) is 35.5 Å². The van der Waals surface area contributed by atoms with Crippen LogP contribution < -0.4 is 0 Å². The number of carbonyl (C=O) groups excluding carboxylic acids is 1. The number of hydrogen-bond acceptors (Lipinski definition) is 4. The average Bonchev–Trinajstić information content (AvgIpc) is 2.08. The average molecular weight is 239 g/mol. The molecule has 0 aromatic carbocycles. The van der Waals surface area contributed by atoms with Crippen LogP contribution in [-0.2, 0) is 14.3 Å². The Morgan fingerprint density at radius 3 is 3.14 bits per heavy atom. The SMILES string of the molecule is CC(Cl)C(=O)OC1COCCCCS1. The number of ether oxygens (including phenoxy) is 2. The van der Waals surface area contributed by atoms with Gasteiger partial charge in [0.25, 0.3) is 0 Å². The van der Waals surface area contributed by atoms with E-state index < -0.39 is 5.38 Å². The highest BCUT2D eigenvalue weighted by Crippen LogP contribution is 2.18. The van der Waals surface area contributed by atoms with E-state index in [1.807, 2.05) is 0 Å². The standard InChI is InChI=1S/C9H15ClO3S/c1-7(10)9(11)13-8-6-12-4-2-3-5-14-8/h7-8H,2-6H2,1H3. The third kappa shape index (κ3) is 4.53. The predicted molar refractivity (Wildman–Crippen MR) is 57.7 cm³/mol. The van der Waals surface area contributed by atoms with Crippen molar-refractivity contribution >= 4 is 29.3 Å². The largest absolute Gasteiger partial charge is 0.448 e. The number of alkyl halides is 1. The molecule has 14 heavy (non-hydrogen) atoms. The van der Waals surface area contributed by atoms with Crippen molar-refractivity contribution in [3.63, 3.8) is 0 Å². The molecule has 3 nitrogen and oxygen atoms in total. The molecule has 82 valence electrons. The van der Waals surface area contributed by atoms with Crippen LogP contribution >= 0.6 is 23.4 Å². The molecule has 0 N–H and O–H groups in total. The highest BCUT2D eigenvalue weighted by molar-refractivity contribution is 7.99. The van der Waals surface area contributed by atoms with Crippen LogP contribution in [0.5, 0.6) is 0 Å². The smallest absolute Gasteiger partial charge is 0.324 e. The third-order valence-electron chi connectivity index (χ3n) is 1.81. The first-order valence-electron chi connectivity index (χ1n) is 4.74. The lowest BCUT2D eigenvalue weighted by molar-refractivity contribution is -0.146.